The molecule has 0 radical (unpaired) electrons. The van der Waals surface area contributed by atoms with E-state index in [4.69, 9.17) is 11.1 Å². The van der Waals surface area contributed by atoms with Gasteiger partial charge in [-0.25, -0.2) is 9.13 Å². The van der Waals surface area contributed by atoms with Crippen molar-refractivity contribution < 1.29 is 4.57 Å². The normalized spacial score (nSPS) is 9.12. The van der Waals surface area contributed by atoms with Crippen molar-refractivity contribution in [2.75, 3.05) is 0 Å². The molecule has 0 amide bonds. The van der Waals surface area contributed by atoms with Gasteiger partial charge in [0.25, 0.3) is 0 Å². The molecule has 0 saturated heterocycles. The summed E-state index contributed by atoms with van der Waals surface area (Å²) in [6, 6.07) is 0. The average Bonchev–Trinajstić information content (AvgIpc) is 2.72. The number of nitrogens with zero attached hydrogens (tertiary/aromatic N) is 5. The van der Waals surface area contributed by atoms with Crippen molar-refractivity contribution in [1.29, 1.82) is 0 Å². The van der Waals surface area contributed by atoms with Gasteiger partial charge in [-0.15, -0.1) is 0 Å². The minimum Gasteiger partial charge on any atom is -0.373 e. The third-order valence-electron chi connectivity index (χ3n) is 2.29. The average molecular weight is 223 g/mol. The van der Waals surface area contributed by atoms with Crippen LogP contribution in [0.2, 0.25) is 0 Å². The van der Waals surface area contributed by atoms with E-state index in [1.165, 1.54) is 30.6 Å². The zero-order valence-corrected chi connectivity index (χ0v) is 10.2. The second-order valence-corrected chi connectivity index (χ2v) is 3.69. The standard InChI is InChI=1S/C11H21N2.N3/c1-3-5-7-12-9-10-13(11-12)8-6-4-2;1-3-2/h9-11H,3-8H2,1-2H3;/q+1;-1. The fraction of sp³-hybridized carbons (Fsp3) is 0.727. The molecular weight excluding hydrogens is 202 g/mol. The zero-order valence-electron chi connectivity index (χ0n) is 10.2. The van der Waals surface area contributed by atoms with Gasteiger partial charge in [0.1, 0.15) is 12.4 Å². The van der Waals surface area contributed by atoms with Crippen molar-refractivity contribution in [3.63, 3.8) is 0 Å². The lowest BCUT2D eigenvalue weighted by Gasteiger charge is -1.93. The Balaban J connectivity index is 0.000000673. The highest BCUT2D eigenvalue weighted by atomic mass is 15.1. The van der Waals surface area contributed by atoms with Crippen LogP contribution in [-0.2, 0) is 13.1 Å². The third-order valence-corrected chi connectivity index (χ3v) is 2.29. The van der Waals surface area contributed by atoms with Gasteiger partial charge in [-0.2, -0.15) is 0 Å². The Kier molecular flexibility index (Phi) is 9.12. The lowest BCUT2D eigenvalue weighted by atomic mass is 10.3. The van der Waals surface area contributed by atoms with Gasteiger partial charge in [-0.05, 0) is 12.8 Å². The van der Waals surface area contributed by atoms with Gasteiger partial charge in [-0.3, -0.25) is 4.91 Å². The van der Waals surface area contributed by atoms with Crippen molar-refractivity contribution in [2.24, 2.45) is 0 Å². The quantitative estimate of drug-likeness (QED) is 0.307. The van der Waals surface area contributed by atoms with Crippen molar-refractivity contribution in [3.8, 4) is 0 Å². The first kappa shape index (κ1) is 14.5. The van der Waals surface area contributed by atoms with Gasteiger partial charge in [0, 0.05) is 0 Å². The van der Waals surface area contributed by atoms with E-state index in [0.29, 0.717) is 0 Å². The number of aryl methyl sites for hydroxylation is 2. The van der Waals surface area contributed by atoms with Gasteiger partial charge < -0.3 is 11.1 Å². The first-order valence-electron chi connectivity index (χ1n) is 5.81. The van der Waals surface area contributed by atoms with Gasteiger partial charge in [0.15, 0.2) is 0 Å². The maximum absolute atomic E-state index is 6.75. The van der Waals surface area contributed by atoms with Crippen LogP contribution < -0.4 is 4.57 Å². The summed E-state index contributed by atoms with van der Waals surface area (Å²) in [6.07, 6.45) is 11.7. The molecule has 1 aromatic heterocycles. The van der Waals surface area contributed by atoms with E-state index in [0.717, 1.165) is 13.1 Å². The third kappa shape index (κ3) is 6.90. The summed E-state index contributed by atoms with van der Waals surface area (Å²) in [5.41, 5.74) is 13.5. The second kappa shape index (κ2) is 10.1. The van der Waals surface area contributed by atoms with Crippen LogP contribution in [-0.4, -0.2) is 4.57 Å². The van der Waals surface area contributed by atoms with E-state index < -0.39 is 0 Å². The van der Waals surface area contributed by atoms with Crippen molar-refractivity contribution in [2.45, 2.75) is 52.6 Å². The van der Waals surface area contributed by atoms with Gasteiger partial charge in [0.05, 0.1) is 13.1 Å². The summed E-state index contributed by atoms with van der Waals surface area (Å²) in [5, 5.41) is 0. The fourth-order valence-electron chi connectivity index (χ4n) is 1.38. The predicted molar refractivity (Wildman–Crippen MR) is 64.5 cm³/mol. The molecule has 0 saturated carbocycles. The highest BCUT2D eigenvalue weighted by molar-refractivity contribution is 4.65. The first-order chi connectivity index (χ1) is 7.78. The molecule has 1 heterocycles. The second-order valence-electron chi connectivity index (χ2n) is 3.69. The van der Waals surface area contributed by atoms with Gasteiger partial charge >= 0.3 is 0 Å². The van der Waals surface area contributed by atoms with Crippen LogP contribution in [0.3, 0.4) is 0 Å². The minimum absolute atomic E-state index is 1.16. The van der Waals surface area contributed by atoms with Crippen LogP contribution in [0.25, 0.3) is 16.0 Å². The van der Waals surface area contributed by atoms with Crippen molar-refractivity contribution >= 4 is 0 Å². The molecule has 0 aliphatic carbocycles. The summed E-state index contributed by atoms with van der Waals surface area (Å²) in [6.45, 7) is 6.79. The van der Waals surface area contributed by atoms with Gasteiger partial charge in [-0.1, -0.05) is 26.7 Å². The topological polar surface area (TPSA) is 67.5 Å². The minimum atomic E-state index is 1.16. The molecule has 0 spiro atoms. The van der Waals surface area contributed by atoms with Crippen LogP contribution >= 0.6 is 0 Å². The van der Waals surface area contributed by atoms with E-state index in [1.54, 1.807) is 0 Å². The van der Waals surface area contributed by atoms with Gasteiger partial charge in [0.2, 0.25) is 6.33 Å². The van der Waals surface area contributed by atoms with E-state index >= 15 is 0 Å². The summed E-state index contributed by atoms with van der Waals surface area (Å²) in [5.74, 6) is 0. The highest BCUT2D eigenvalue weighted by Crippen LogP contribution is 1.93. The maximum atomic E-state index is 6.75. The Hall–Kier alpha value is -1.48. The number of unbranched alkanes of at least 4 members (excludes halogenated alkanes) is 2. The Labute approximate surface area is 97.1 Å². The SMILES string of the molecule is CCCCn1cc[n+](CCCC)c1.[N-]=[N+]=[N-]. The first-order valence-corrected chi connectivity index (χ1v) is 5.81. The smallest absolute Gasteiger partial charge is 0.243 e. The largest absolute Gasteiger partial charge is 0.373 e. The van der Waals surface area contributed by atoms with Crippen LogP contribution in [0.4, 0.5) is 0 Å². The lowest BCUT2D eigenvalue weighted by Crippen LogP contribution is -2.30. The zero-order chi connectivity index (χ0) is 12.2. The van der Waals surface area contributed by atoms with E-state index in [2.05, 4.69) is 41.7 Å². The molecule has 1 rings (SSSR count). The molecule has 0 aliphatic heterocycles. The number of hydrogen-bond donors (Lipinski definition) is 0. The molecule has 0 unspecified atom stereocenters. The molecule has 0 atom stereocenters. The Morgan fingerprint density at radius 1 is 1.19 bits per heavy atom. The highest BCUT2D eigenvalue weighted by Gasteiger charge is 2.01. The fourth-order valence-corrected chi connectivity index (χ4v) is 1.38. The molecule has 0 aliphatic rings. The Bertz CT molecular complexity index is 277. The predicted octanol–water partition coefficient (Wildman–Crippen LogP) is 3.24. The number of hydrogen-bond acceptors (Lipinski definition) is 0. The summed E-state index contributed by atoms with van der Waals surface area (Å²) in [4.78, 5) is 1.50. The lowest BCUT2D eigenvalue weighted by molar-refractivity contribution is -0.696. The Morgan fingerprint density at radius 2 is 1.81 bits per heavy atom. The summed E-state index contributed by atoms with van der Waals surface area (Å²) in [7, 11) is 0. The molecule has 5 nitrogen and oxygen atoms in total. The van der Waals surface area contributed by atoms with E-state index in [-0.39, 0.29) is 0 Å². The number of imidazole rings is 1. The van der Waals surface area contributed by atoms with E-state index in [9.17, 15) is 0 Å². The molecule has 0 N–H and O–H groups in total. The molecule has 5 heteroatoms. The summed E-state index contributed by atoms with van der Waals surface area (Å²) < 4.78 is 4.55. The molecule has 0 aromatic carbocycles. The van der Waals surface area contributed by atoms with Crippen LogP contribution in [0.1, 0.15) is 39.5 Å². The molecule has 90 valence electrons. The van der Waals surface area contributed by atoms with Crippen molar-refractivity contribution in [1.82, 2.24) is 4.57 Å². The Morgan fingerprint density at radius 3 is 2.38 bits per heavy atom. The van der Waals surface area contributed by atoms with Crippen LogP contribution in [0.15, 0.2) is 18.7 Å². The monoisotopic (exact) mass is 223 g/mol. The van der Waals surface area contributed by atoms with Crippen molar-refractivity contribution in [3.05, 3.63) is 34.7 Å². The summed E-state index contributed by atoms with van der Waals surface area (Å²) >= 11 is 0. The number of rotatable bonds is 6. The molecule has 16 heavy (non-hydrogen) atoms. The maximum Gasteiger partial charge on any atom is 0.243 e. The molecule has 0 bridgehead atoms. The van der Waals surface area contributed by atoms with Crippen LogP contribution in [0, 0.1) is 0 Å². The molecule has 1 aromatic rings. The van der Waals surface area contributed by atoms with E-state index in [1.807, 2.05) is 0 Å². The number of aromatic nitrogens is 2. The molecular formula is C11H21N5. The molecule has 0 fully saturated rings. The van der Waals surface area contributed by atoms with Crippen LogP contribution in [0.5, 0.6) is 0 Å².